The molecule has 0 saturated heterocycles. The fourth-order valence-corrected chi connectivity index (χ4v) is 2.72. The van der Waals surface area contributed by atoms with Crippen LogP contribution in [-0.4, -0.2) is 28.7 Å². The topological polar surface area (TPSA) is 23.5 Å². The number of hydrogen-bond donors (Lipinski definition) is 1. The predicted molar refractivity (Wildman–Crippen MR) is 75.3 cm³/mol. The van der Waals surface area contributed by atoms with Gasteiger partial charge in [-0.2, -0.15) is 0 Å². The van der Waals surface area contributed by atoms with Gasteiger partial charge in [-0.3, -0.25) is 4.90 Å². The highest BCUT2D eigenvalue weighted by Crippen LogP contribution is 2.29. The largest absolute Gasteiger partial charge is 0.394 e. The van der Waals surface area contributed by atoms with Crippen LogP contribution in [0, 0.1) is 0 Å². The molecule has 18 heavy (non-hydrogen) atoms. The van der Waals surface area contributed by atoms with Crippen LogP contribution in [0.2, 0.25) is 0 Å². The SMILES string of the molecule is C=C[C@@H]1CC=C[C@H](C)N1[C@@H](CO)c1ccccc1. The van der Waals surface area contributed by atoms with Crippen LogP contribution in [0.5, 0.6) is 0 Å². The summed E-state index contributed by atoms with van der Waals surface area (Å²) in [6.45, 7) is 6.22. The molecule has 1 aliphatic heterocycles. The lowest BCUT2D eigenvalue weighted by Crippen LogP contribution is -2.45. The second kappa shape index (κ2) is 5.98. The Bertz CT molecular complexity index is 412. The molecule has 96 valence electrons. The predicted octanol–water partition coefficient (Wildman–Crippen LogP) is 2.93. The summed E-state index contributed by atoms with van der Waals surface area (Å²) >= 11 is 0. The molecule has 0 spiro atoms. The van der Waals surface area contributed by atoms with Crippen LogP contribution in [0.15, 0.2) is 55.1 Å². The lowest BCUT2D eigenvalue weighted by molar-refractivity contribution is 0.0761. The Morgan fingerprint density at radius 2 is 2.17 bits per heavy atom. The second-order valence-corrected chi connectivity index (χ2v) is 4.76. The molecule has 1 aliphatic rings. The molecule has 1 aromatic rings. The summed E-state index contributed by atoms with van der Waals surface area (Å²) in [7, 11) is 0. The molecule has 2 heteroatoms. The van der Waals surface area contributed by atoms with Crippen molar-refractivity contribution in [3.05, 3.63) is 60.7 Å². The molecule has 0 amide bonds. The molecule has 0 fully saturated rings. The molecule has 0 unspecified atom stereocenters. The van der Waals surface area contributed by atoms with Crippen LogP contribution in [0.1, 0.15) is 24.9 Å². The highest BCUT2D eigenvalue weighted by Gasteiger charge is 2.29. The van der Waals surface area contributed by atoms with E-state index in [2.05, 4.69) is 42.7 Å². The van der Waals surface area contributed by atoms with Crippen LogP contribution in [0.4, 0.5) is 0 Å². The number of aliphatic hydroxyl groups is 1. The van der Waals surface area contributed by atoms with E-state index in [1.807, 2.05) is 24.3 Å². The van der Waals surface area contributed by atoms with Crippen molar-refractivity contribution in [3.63, 3.8) is 0 Å². The molecule has 2 rings (SSSR count). The van der Waals surface area contributed by atoms with Crippen molar-refractivity contribution >= 4 is 0 Å². The van der Waals surface area contributed by atoms with Crippen molar-refractivity contribution in [3.8, 4) is 0 Å². The summed E-state index contributed by atoms with van der Waals surface area (Å²) in [6, 6.07) is 10.8. The van der Waals surface area contributed by atoms with Gasteiger partial charge >= 0.3 is 0 Å². The Morgan fingerprint density at radius 3 is 2.78 bits per heavy atom. The van der Waals surface area contributed by atoms with Crippen LogP contribution >= 0.6 is 0 Å². The summed E-state index contributed by atoms with van der Waals surface area (Å²) in [4.78, 5) is 2.34. The maximum atomic E-state index is 9.76. The zero-order chi connectivity index (χ0) is 13.0. The molecule has 3 atom stereocenters. The highest BCUT2D eigenvalue weighted by atomic mass is 16.3. The molecular formula is C16H21NO. The highest BCUT2D eigenvalue weighted by molar-refractivity contribution is 5.21. The number of aliphatic hydroxyl groups excluding tert-OH is 1. The minimum Gasteiger partial charge on any atom is -0.394 e. The van der Waals surface area contributed by atoms with E-state index >= 15 is 0 Å². The summed E-state index contributed by atoms with van der Waals surface area (Å²) in [6.07, 6.45) is 7.35. The van der Waals surface area contributed by atoms with Crippen molar-refractivity contribution in [2.24, 2.45) is 0 Å². The Hall–Kier alpha value is -1.38. The van der Waals surface area contributed by atoms with Gasteiger partial charge in [0.25, 0.3) is 0 Å². The smallest absolute Gasteiger partial charge is 0.0629 e. The van der Waals surface area contributed by atoms with E-state index in [0.717, 1.165) is 12.0 Å². The normalized spacial score (nSPS) is 25.9. The molecule has 0 radical (unpaired) electrons. The Labute approximate surface area is 109 Å². The third kappa shape index (κ3) is 2.55. The Balaban J connectivity index is 2.31. The van der Waals surface area contributed by atoms with E-state index in [4.69, 9.17) is 0 Å². The molecule has 0 saturated carbocycles. The molecule has 1 N–H and O–H groups in total. The zero-order valence-electron chi connectivity index (χ0n) is 10.9. The van der Waals surface area contributed by atoms with Gasteiger partial charge in [-0.25, -0.2) is 0 Å². The molecule has 2 nitrogen and oxygen atoms in total. The monoisotopic (exact) mass is 243 g/mol. The van der Waals surface area contributed by atoms with Crippen LogP contribution in [0.3, 0.4) is 0 Å². The summed E-state index contributed by atoms with van der Waals surface area (Å²) < 4.78 is 0. The van der Waals surface area contributed by atoms with E-state index in [1.54, 1.807) is 0 Å². The van der Waals surface area contributed by atoms with Crippen molar-refractivity contribution in [2.45, 2.75) is 31.5 Å². The quantitative estimate of drug-likeness (QED) is 0.822. The summed E-state index contributed by atoms with van der Waals surface area (Å²) in [5.41, 5.74) is 1.16. The minimum absolute atomic E-state index is 0.0362. The van der Waals surface area contributed by atoms with Gasteiger partial charge in [0.1, 0.15) is 0 Å². The Morgan fingerprint density at radius 1 is 1.44 bits per heavy atom. The second-order valence-electron chi connectivity index (χ2n) is 4.76. The first kappa shape index (κ1) is 13.1. The first-order valence-corrected chi connectivity index (χ1v) is 6.50. The van der Waals surface area contributed by atoms with Gasteiger partial charge in [0.2, 0.25) is 0 Å². The summed E-state index contributed by atoms with van der Waals surface area (Å²) in [5, 5.41) is 9.76. The number of rotatable bonds is 4. The van der Waals surface area contributed by atoms with Gasteiger partial charge in [-0.15, -0.1) is 6.58 Å². The molecular weight excluding hydrogens is 222 g/mol. The first-order valence-electron chi connectivity index (χ1n) is 6.50. The van der Waals surface area contributed by atoms with Crippen LogP contribution in [0.25, 0.3) is 0 Å². The molecule has 1 aromatic carbocycles. The third-order valence-electron chi connectivity index (χ3n) is 3.63. The zero-order valence-corrected chi connectivity index (χ0v) is 10.9. The van der Waals surface area contributed by atoms with E-state index in [0.29, 0.717) is 12.1 Å². The fourth-order valence-electron chi connectivity index (χ4n) is 2.72. The molecule has 0 aromatic heterocycles. The average Bonchev–Trinajstić information content (AvgIpc) is 2.42. The van der Waals surface area contributed by atoms with Crippen molar-refractivity contribution < 1.29 is 5.11 Å². The number of benzene rings is 1. The third-order valence-corrected chi connectivity index (χ3v) is 3.63. The molecule has 0 aliphatic carbocycles. The maximum absolute atomic E-state index is 9.76. The van der Waals surface area contributed by atoms with Gasteiger partial charge in [0.05, 0.1) is 12.6 Å². The lowest BCUT2D eigenvalue weighted by atomic mass is 9.96. The molecule has 0 bridgehead atoms. The lowest BCUT2D eigenvalue weighted by Gasteiger charge is -2.41. The number of hydrogen-bond acceptors (Lipinski definition) is 2. The fraction of sp³-hybridized carbons (Fsp3) is 0.375. The van der Waals surface area contributed by atoms with Gasteiger partial charge < -0.3 is 5.11 Å². The first-order chi connectivity index (χ1) is 8.77. The molecule has 1 heterocycles. The van der Waals surface area contributed by atoms with Crippen molar-refractivity contribution in [1.29, 1.82) is 0 Å². The van der Waals surface area contributed by atoms with E-state index in [-0.39, 0.29) is 12.6 Å². The maximum Gasteiger partial charge on any atom is 0.0629 e. The number of nitrogens with zero attached hydrogens (tertiary/aromatic N) is 1. The van der Waals surface area contributed by atoms with Gasteiger partial charge in [0, 0.05) is 12.1 Å². The van der Waals surface area contributed by atoms with E-state index in [9.17, 15) is 5.11 Å². The van der Waals surface area contributed by atoms with Crippen LogP contribution in [-0.2, 0) is 0 Å². The Kier molecular flexibility index (Phi) is 4.34. The van der Waals surface area contributed by atoms with E-state index in [1.165, 1.54) is 0 Å². The standard InChI is InChI=1S/C16H21NO/c1-3-15-11-7-8-13(2)17(15)16(12-18)14-9-5-4-6-10-14/h3-10,13,15-16,18H,1,11-12H2,2H3/t13-,15+,16-/m0/s1. The van der Waals surface area contributed by atoms with Gasteiger partial charge in [-0.05, 0) is 18.9 Å². The average molecular weight is 243 g/mol. The minimum atomic E-state index is 0.0362. The van der Waals surface area contributed by atoms with Gasteiger partial charge in [0.15, 0.2) is 0 Å². The van der Waals surface area contributed by atoms with E-state index < -0.39 is 0 Å². The van der Waals surface area contributed by atoms with Crippen molar-refractivity contribution in [1.82, 2.24) is 4.90 Å². The summed E-state index contributed by atoms with van der Waals surface area (Å²) in [5.74, 6) is 0. The van der Waals surface area contributed by atoms with Crippen LogP contribution < -0.4 is 0 Å². The van der Waals surface area contributed by atoms with Crippen molar-refractivity contribution in [2.75, 3.05) is 6.61 Å². The van der Waals surface area contributed by atoms with Gasteiger partial charge in [-0.1, -0.05) is 48.6 Å².